The molecule has 0 aromatic heterocycles. The average molecular weight is 261 g/mol. The van der Waals surface area contributed by atoms with Gasteiger partial charge in [-0.15, -0.1) is 0 Å². The normalized spacial score (nSPS) is 22.6. The molecule has 1 unspecified atom stereocenters. The quantitative estimate of drug-likeness (QED) is 0.889. The monoisotopic (exact) mass is 261 g/mol. The molecular weight excluding hydrogens is 242 g/mol. The fourth-order valence-electron chi connectivity index (χ4n) is 2.80. The number of benzene rings is 1. The van der Waals surface area contributed by atoms with Gasteiger partial charge in [-0.2, -0.15) is 0 Å². The number of carbonyl (C=O) groups excluding carboxylic acids is 1. The molecular formula is C15H19NO3. The molecule has 1 heterocycles. The number of likely N-dealkylation sites (tertiary alicyclic amines) is 1. The smallest absolute Gasteiger partial charge is 0.329 e. The second-order valence-electron chi connectivity index (χ2n) is 5.41. The Morgan fingerprint density at radius 2 is 1.84 bits per heavy atom. The van der Waals surface area contributed by atoms with Crippen molar-refractivity contribution in [3.63, 3.8) is 0 Å². The summed E-state index contributed by atoms with van der Waals surface area (Å²) in [5.41, 5.74) is 1.34. The number of aliphatic carboxylic acids is 1. The van der Waals surface area contributed by atoms with Gasteiger partial charge in [0.05, 0.1) is 0 Å². The highest BCUT2D eigenvalue weighted by molar-refractivity contribution is 6.00. The molecule has 1 N–H and O–H groups in total. The van der Waals surface area contributed by atoms with Gasteiger partial charge in [-0.1, -0.05) is 18.2 Å². The molecule has 0 spiro atoms. The number of nitrogens with zero attached hydrogens (tertiary/aromatic N) is 1. The number of aryl methyl sites for hydroxylation is 2. The van der Waals surface area contributed by atoms with E-state index >= 15 is 0 Å². The fourth-order valence-corrected chi connectivity index (χ4v) is 2.80. The Hall–Kier alpha value is -1.84. The van der Waals surface area contributed by atoms with Crippen molar-refractivity contribution >= 4 is 11.9 Å². The van der Waals surface area contributed by atoms with Crippen LogP contribution < -0.4 is 0 Å². The minimum atomic E-state index is -1.08. The highest BCUT2D eigenvalue weighted by Gasteiger charge is 2.46. The molecule has 102 valence electrons. The molecule has 1 aromatic carbocycles. The lowest BCUT2D eigenvalue weighted by Crippen LogP contribution is -2.51. The van der Waals surface area contributed by atoms with Crippen LogP contribution in [0.4, 0.5) is 0 Å². The summed E-state index contributed by atoms with van der Waals surface area (Å²) in [6.45, 7) is 5.91. The Morgan fingerprint density at radius 3 is 2.37 bits per heavy atom. The number of amides is 1. The van der Waals surface area contributed by atoms with E-state index in [-0.39, 0.29) is 5.91 Å². The number of hydrogen-bond donors (Lipinski definition) is 1. The highest BCUT2D eigenvalue weighted by atomic mass is 16.4. The van der Waals surface area contributed by atoms with Crippen molar-refractivity contribution < 1.29 is 14.7 Å². The van der Waals surface area contributed by atoms with E-state index in [1.165, 1.54) is 4.90 Å². The second kappa shape index (κ2) is 4.68. The molecule has 1 amide bonds. The van der Waals surface area contributed by atoms with Crippen molar-refractivity contribution in [3.8, 4) is 0 Å². The van der Waals surface area contributed by atoms with Crippen LogP contribution in [0, 0.1) is 13.8 Å². The molecule has 2 rings (SSSR count). The van der Waals surface area contributed by atoms with E-state index in [0.717, 1.165) is 17.5 Å². The molecule has 0 aliphatic carbocycles. The molecule has 1 aromatic rings. The van der Waals surface area contributed by atoms with Gasteiger partial charge in [-0.05, 0) is 44.7 Å². The molecule has 1 saturated heterocycles. The Bertz CT molecular complexity index is 518. The van der Waals surface area contributed by atoms with Crippen molar-refractivity contribution in [2.45, 2.75) is 39.2 Å². The maximum Gasteiger partial charge on any atom is 0.329 e. The maximum atomic E-state index is 12.7. The van der Waals surface area contributed by atoms with E-state index in [4.69, 9.17) is 0 Å². The standard InChI is InChI=1S/C15H19NO3/c1-10-6-4-7-11(2)12(10)13(17)16-9-5-8-15(16,3)14(18)19/h4,6-7H,5,8-9H2,1-3H3,(H,18,19). The first-order chi connectivity index (χ1) is 8.88. The molecule has 1 aliphatic rings. The van der Waals surface area contributed by atoms with Crippen LogP contribution >= 0.6 is 0 Å². The molecule has 19 heavy (non-hydrogen) atoms. The Kier molecular flexibility index (Phi) is 3.35. The third-order valence-corrected chi connectivity index (χ3v) is 4.04. The summed E-state index contributed by atoms with van der Waals surface area (Å²) in [6.07, 6.45) is 1.25. The number of carboxylic acids is 1. The molecule has 0 bridgehead atoms. The number of carbonyl (C=O) groups is 2. The Morgan fingerprint density at radius 1 is 1.26 bits per heavy atom. The third kappa shape index (κ3) is 2.11. The van der Waals surface area contributed by atoms with Crippen LogP contribution in [-0.4, -0.2) is 34.0 Å². The van der Waals surface area contributed by atoms with Crippen molar-refractivity contribution in [1.82, 2.24) is 4.90 Å². The summed E-state index contributed by atoms with van der Waals surface area (Å²) in [7, 11) is 0. The van der Waals surface area contributed by atoms with Crippen molar-refractivity contribution in [3.05, 3.63) is 34.9 Å². The maximum absolute atomic E-state index is 12.7. The zero-order valence-corrected chi connectivity index (χ0v) is 11.6. The van der Waals surface area contributed by atoms with Crippen LogP contribution in [0.2, 0.25) is 0 Å². The zero-order chi connectivity index (χ0) is 14.2. The van der Waals surface area contributed by atoms with Gasteiger partial charge in [0.25, 0.3) is 5.91 Å². The lowest BCUT2D eigenvalue weighted by atomic mass is 9.96. The molecule has 1 aliphatic heterocycles. The summed E-state index contributed by atoms with van der Waals surface area (Å²) in [5.74, 6) is -1.09. The molecule has 0 saturated carbocycles. The largest absolute Gasteiger partial charge is 0.480 e. The molecule has 0 radical (unpaired) electrons. The summed E-state index contributed by atoms with van der Waals surface area (Å²) in [6, 6.07) is 5.67. The predicted molar refractivity (Wildman–Crippen MR) is 72.2 cm³/mol. The lowest BCUT2D eigenvalue weighted by molar-refractivity contribution is -0.147. The van der Waals surface area contributed by atoms with Gasteiger partial charge in [0.1, 0.15) is 5.54 Å². The third-order valence-electron chi connectivity index (χ3n) is 4.04. The SMILES string of the molecule is Cc1cccc(C)c1C(=O)N1CCCC1(C)C(=O)O. The van der Waals surface area contributed by atoms with E-state index < -0.39 is 11.5 Å². The summed E-state index contributed by atoms with van der Waals surface area (Å²) < 4.78 is 0. The van der Waals surface area contributed by atoms with Gasteiger partial charge >= 0.3 is 5.97 Å². The van der Waals surface area contributed by atoms with Crippen LogP contribution in [-0.2, 0) is 4.79 Å². The lowest BCUT2D eigenvalue weighted by Gasteiger charge is -2.32. The Labute approximate surface area is 113 Å². The van der Waals surface area contributed by atoms with Gasteiger partial charge in [-0.25, -0.2) is 4.79 Å². The second-order valence-corrected chi connectivity index (χ2v) is 5.41. The number of rotatable bonds is 2. The zero-order valence-electron chi connectivity index (χ0n) is 11.6. The highest BCUT2D eigenvalue weighted by Crippen LogP contribution is 2.31. The van der Waals surface area contributed by atoms with Crippen LogP contribution in [0.25, 0.3) is 0 Å². The minimum Gasteiger partial charge on any atom is -0.480 e. The van der Waals surface area contributed by atoms with E-state index in [1.807, 2.05) is 32.0 Å². The van der Waals surface area contributed by atoms with E-state index in [2.05, 4.69) is 0 Å². The van der Waals surface area contributed by atoms with E-state index in [0.29, 0.717) is 18.5 Å². The van der Waals surface area contributed by atoms with Crippen molar-refractivity contribution in [1.29, 1.82) is 0 Å². The van der Waals surface area contributed by atoms with Crippen LogP contribution in [0.1, 0.15) is 41.3 Å². The summed E-state index contributed by atoms with van der Waals surface area (Å²) >= 11 is 0. The first-order valence-corrected chi connectivity index (χ1v) is 6.49. The van der Waals surface area contributed by atoms with Gasteiger partial charge in [-0.3, -0.25) is 4.79 Å². The topological polar surface area (TPSA) is 57.6 Å². The molecule has 1 atom stereocenters. The predicted octanol–water partition coefficient (Wildman–Crippen LogP) is 2.38. The first kappa shape index (κ1) is 13.6. The molecule has 4 nitrogen and oxygen atoms in total. The van der Waals surface area contributed by atoms with Gasteiger partial charge in [0.2, 0.25) is 0 Å². The summed E-state index contributed by atoms with van der Waals surface area (Å²) in [4.78, 5) is 25.6. The minimum absolute atomic E-state index is 0.169. The van der Waals surface area contributed by atoms with Gasteiger partial charge in [0.15, 0.2) is 0 Å². The number of carboxylic acid groups (broad SMARTS) is 1. The molecule has 1 fully saturated rings. The van der Waals surface area contributed by atoms with Gasteiger partial charge in [0, 0.05) is 12.1 Å². The van der Waals surface area contributed by atoms with Crippen LogP contribution in [0.5, 0.6) is 0 Å². The summed E-state index contributed by atoms with van der Waals surface area (Å²) in [5, 5.41) is 9.38. The van der Waals surface area contributed by atoms with Gasteiger partial charge < -0.3 is 10.0 Å². The average Bonchev–Trinajstić information content (AvgIpc) is 2.72. The molecule has 4 heteroatoms. The Balaban J connectivity index is 2.42. The van der Waals surface area contributed by atoms with E-state index in [9.17, 15) is 14.7 Å². The van der Waals surface area contributed by atoms with Crippen LogP contribution in [0.3, 0.4) is 0 Å². The van der Waals surface area contributed by atoms with Crippen molar-refractivity contribution in [2.75, 3.05) is 6.54 Å². The van der Waals surface area contributed by atoms with E-state index in [1.54, 1.807) is 6.92 Å². The van der Waals surface area contributed by atoms with Crippen molar-refractivity contribution in [2.24, 2.45) is 0 Å². The number of hydrogen-bond acceptors (Lipinski definition) is 2. The first-order valence-electron chi connectivity index (χ1n) is 6.49. The van der Waals surface area contributed by atoms with Crippen LogP contribution in [0.15, 0.2) is 18.2 Å². The fraction of sp³-hybridized carbons (Fsp3) is 0.467.